The number of rotatable bonds is 1. The molecular weight excluding hydrogens is 308 g/mol. The molecule has 0 saturated heterocycles. The molecule has 0 radical (unpaired) electrons. The fourth-order valence-electron chi connectivity index (χ4n) is 2.03. The van der Waals surface area contributed by atoms with Gasteiger partial charge < -0.3 is 5.32 Å². The molecule has 0 fully saturated rings. The van der Waals surface area contributed by atoms with Crippen LogP contribution in [0.15, 0.2) is 45.9 Å². The minimum absolute atomic E-state index is 0.578. The second kappa shape index (κ2) is 4.94. The third-order valence-corrected chi connectivity index (χ3v) is 4.61. The third-order valence-electron chi connectivity index (χ3n) is 2.92. The van der Waals surface area contributed by atoms with Crippen LogP contribution >= 0.6 is 27.7 Å². The van der Waals surface area contributed by atoms with Gasteiger partial charge in [-0.3, -0.25) is 4.99 Å². The van der Waals surface area contributed by atoms with E-state index in [1.807, 2.05) is 0 Å². The number of nitrogens with zero attached hydrogens (tertiary/aromatic N) is 1. The first-order chi connectivity index (χ1) is 8.74. The van der Waals surface area contributed by atoms with Gasteiger partial charge in [0.25, 0.3) is 0 Å². The Bertz CT molecular complexity index is 624. The lowest BCUT2D eigenvalue weighted by atomic mass is 10.1. The zero-order valence-corrected chi connectivity index (χ0v) is 12.4. The Morgan fingerprint density at radius 2 is 2.00 bits per heavy atom. The lowest BCUT2D eigenvalue weighted by Gasteiger charge is -2.10. The molecule has 0 amide bonds. The number of nitrogens with one attached hydrogen (secondary N) is 1. The minimum Gasteiger partial charge on any atom is -0.334 e. The molecule has 1 unspecified atom stereocenters. The topological polar surface area (TPSA) is 24.4 Å². The van der Waals surface area contributed by atoms with Crippen molar-refractivity contribution in [1.82, 2.24) is 0 Å². The summed E-state index contributed by atoms with van der Waals surface area (Å²) < 4.78 is 1.12. The van der Waals surface area contributed by atoms with Gasteiger partial charge in [-0.05, 0) is 17.5 Å². The maximum Gasteiger partial charge on any atom is 0.161 e. The van der Waals surface area contributed by atoms with E-state index in [-0.39, 0.29) is 0 Å². The molecule has 3 rings (SSSR count). The zero-order chi connectivity index (χ0) is 12.5. The molecular formula is C14H13BrN2S. The van der Waals surface area contributed by atoms with Crippen molar-refractivity contribution in [3.63, 3.8) is 0 Å². The molecule has 1 heterocycles. The van der Waals surface area contributed by atoms with Gasteiger partial charge in [-0.2, -0.15) is 0 Å². The van der Waals surface area contributed by atoms with Crippen LogP contribution in [0.5, 0.6) is 0 Å². The predicted octanol–water partition coefficient (Wildman–Crippen LogP) is 4.51. The number of anilines is 1. The molecule has 92 valence electrons. The van der Waals surface area contributed by atoms with Crippen molar-refractivity contribution in [3.8, 4) is 0 Å². The summed E-state index contributed by atoms with van der Waals surface area (Å²) in [5, 5.41) is 7.47. The molecule has 0 saturated carbocycles. The van der Waals surface area contributed by atoms with E-state index in [9.17, 15) is 0 Å². The lowest BCUT2D eigenvalue weighted by molar-refractivity contribution is 0.976. The zero-order valence-electron chi connectivity index (χ0n) is 9.98. The highest BCUT2D eigenvalue weighted by atomic mass is 79.9. The summed E-state index contributed by atoms with van der Waals surface area (Å²) in [6, 6.07) is 12.5. The molecule has 2 nitrogen and oxygen atoms in total. The van der Waals surface area contributed by atoms with Gasteiger partial charge in [0, 0.05) is 20.8 Å². The first-order valence-corrected chi connectivity index (χ1v) is 7.56. The van der Waals surface area contributed by atoms with Crippen LogP contribution in [0.25, 0.3) is 10.8 Å². The summed E-state index contributed by atoms with van der Waals surface area (Å²) in [7, 11) is 0. The molecule has 18 heavy (non-hydrogen) atoms. The van der Waals surface area contributed by atoms with Crippen molar-refractivity contribution in [2.45, 2.75) is 12.2 Å². The van der Waals surface area contributed by atoms with Crippen LogP contribution in [-0.4, -0.2) is 17.0 Å². The largest absolute Gasteiger partial charge is 0.334 e. The highest BCUT2D eigenvalue weighted by molar-refractivity contribution is 9.10. The van der Waals surface area contributed by atoms with Gasteiger partial charge in [0.1, 0.15) is 0 Å². The van der Waals surface area contributed by atoms with Crippen LogP contribution in [0, 0.1) is 0 Å². The summed E-state index contributed by atoms with van der Waals surface area (Å²) in [5.41, 5.74) is 1.12. The van der Waals surface area contributed by atoms with E-state index in [2.05, 4.69) is 69.6 Å². The predicted molar refractivity (Wildman–Crippen MR) is 84.6 cm³/mol. The molecule has 1 aliphatic heterocycles. The van der Waals surface area contributed by atoms with Crippen LogP contribution in [0.3, 0.4) is 0 Å². The normalized spacial score (nSPS) is 19.0. The van der Waals surface area contributed by atoms with Gasteiger partial charge in [-0.25, -0.2) is 0 Å². The number of hydrogen-bond acceptors (Lipinski definition) is 3. The van der Waals surface area contributed by atoms with E-state index >= 15 is 0 Å². The Labute approximate surface area is 119 Å². The number of amidine groups is 1. The maximum absolute atomic E-state index is 4.50. The molecule has 1 N–H and O–H groups in total. The van der Waals surface area contributed by atoms with Crippen molar-refractivity contribution in [1.29, 1.82) is 0 Å². The van der Waals surface area contributed by atoms with Crippen LogP contribution < -0.4 is 5.32 Å². The number of thioether (sulfide) groups is 1. The number of benzene rings is 2. The number of fused-ring (bicyclic) bond motifs is 1. The quantitative estimate of drug-likeness (QED) is 0.836. The van der Waals surface area contributed by atoms with Crippen molar-refractivity contribution in [3.05, 3.63) is 40.9 Å². The highest BCUT2D eigenvalue weighted by Crippen LogP contribution is 2.31. The molecule has 1 aliphatic rings. The lowest BCUT2D eigenvalue weighted by Crippen LogP contribution is -2.06. The summed E-state index contributed by atoms with van der Waals surface area (Å²) >= 11 is 5.39. The molecule has 2 aromatic rings. The van der Waals surface area contributed by atoms with Gasteiger partial charge in [0.05, 0.1) is 6.54 Å². The molecule has 1 atom stereocenters. The molecule has 0 spiro atoms. The van der Waals surface area contributed by atoms with Crippen LogP contribution in [0.4, 0.5) is 5.69 Å². The summed E-state index contributed by atoms with van der Waals surface area (Å²) in [6.07, 6.45) is 0. The Hall–Kier alpha value is -1.00. The Kier molecular flexibility index (Phi) is 3.31. The molecule has 0 aliphatic carbocycles. The van der Waals surface area contributed by atoms with Crippen molar-refractivity contribution < 1.29 is 0 Å². The van der Waals surface area contributed by atoms with Crippen LogP contribution in [-0.2, 0) is 0 Å². The second-order valence-corrected chi connectivity index (χ2v) is 6.62. The number of aliphatic imine (C=N–C) groups is 1. The molecule has 4 heteroatoms. The van der Waals surface area contributed by atoms with Gasteiger partial charge >= 0.3 is 0 Å². The summed E-state index contributed by atoms with van der Waals surface area (Å²) in [5.74, 6) is 0. The standard InChI is InChI=1S/C14H13BrN2S/c1-9-8-16-14(18-9)17-13-7-6-12(15)10-4-2-3-5-11(10)13/h2-7,9H,8H2,1H3,(H,16,17). The molecule has 0 aromatic heterocycles. The van der Waals surface area contributed by atoms with Gasteiger partial charge in [-0.15, -0.1) is 0 Å². The second-order valence-electron chi connectivity index (χ2n) is 4.34. The SMILES string of the molecule is CC1CN=C(Nc2ccc(Br)c3ccccc23)S1. The van der Waals surface area contributed by atoms with E-state index in [0.717, 1.165) is 21.9 Å². The van der Waals surface area contributed by atoms with Crippen molar-refractivity contribution in [2.24, 2.45) is 4.99 Å². The van der Waals surface area contributed by atoms with Crippen molar-refractivity contribution in [2.75, 3.05) is 11.9 Å². The van der Waals surface area contributed by atoms with E-state index in [4.69, 9.17) is 0 Å². The first kappa shape index (κ1) is 12.1. The van der Waals surface area contributed by atoms with E-state index in [1.165, 1.54) is 10.8 Å². The molecule has 0 bridgehead atoms. The highest BCUT2D eigenvalue weighted by Gasteiger charge is 2.15. The van der Waals surface area contributed by atoms with E-state index in [1.54, 1.807) is 11.8 Å². The number of halogens is 1. The third kappa shape index (κ3) is 2.27. The minimum atomic E-state index is 0.578. The van der Waals surface area contributed by atoms with E-state index in [0.29, 0.717) is 5.25 Å². The monoisotopic (exact) mass is 320 g/mol. The Morgan fingerprint density at radius 1 is 1.22 bits per heavy atom. The average Bonchev–Trinajstić information content (AvgIpc) is 2.79. The number of hydrogen-bond donors (Lipinski definition) is 1. The fourth-order valence-corrected chi connectivity index (χ4v) is 3.36. The van der Waals surface area contributed by atoms with Gasteiger partial charge in [0.2, 0.25) is 0 Å². The maximum atomic E-state index is 4.50. The fraction of sp³-hybridized carbons (Fsp3) is 0.214. The van der Waals surface area contributed by atoms with Gasteiger partial charge in [-0.1, -0.05) is 58.9 Å². The average molecular weight is 321 g/mol. The van der Waals surface area contributed by atoms with Crippen molar-refractivity contribution >= 4 is 49.3 Å². The Balaban J connectivity index is 2.00. The molecule has 2 aromatic carbocycles. The van der Waals surface area contributed by atoms with Crippen LogP contribution in [0.1, 0.15) is 6.92 Å². The first-order valence-electron chi connectivity index (χ1n) is 5.89. The smallest absolute Gasteiger partial charge is 0.161 e. The summed E-state index contributed by atoms with van der Waals surface area (Å²) in [6.45, 7) is 3.10. The Morgan fingerprint density at radius 3 is 2.72 bits per heavy atom. The van der Waals surface area contributed by atoms with E-state index < -0.39 is 0 Å². The summed E-state index contributed by atoms with van der Waals surface area (Å²) in [4.78, 5) is 4.50. The van der Waals surface area contributed by atoms with Crippen LogP contribution in [0.2, 0.25) is 0 Å². The van der Waals surface area contributed by atoms with Gasteiger partial charge in [0.15, 0.2) is 5.17 Å².